The number of rotatable bonds is 3. The van der Waals surface area contributed by atoms with Crippen molar-refractivity contribution < 1.29 is 19.1 Å². The normalized spacial score (nSPS) is 17.8. The molecule has 1 saturated carbocycles. The molecule has 1 aromatic rings. The molecule has 2 N–H and O–H groups in total. The molecule has 1 aliphatic carbocycles. The van der Waals surface area contributed by atoms with Crippen molar-refractivity contribution >= 4 is 11.9 Å². The molecular weight excluding hydrogens is 273 g/mol. The van der Waals surface area contributed by atoms with E-state index in [0.29, 0.717) is 18.4 Å². The van der Waals surface area contributed by atoms with Crippen LogP contribution >= 0.6 is 0 Å². The minimum atomic E-state index is -1.23. The number of amides is 1. The van der Waals surface area contributed by atoms with Crippen LogP contribution in [-0.4, -0.2) is 22.5 Å². The molecule has 0 bridgehead atoms. The van der Waals surface area contributed by atoms with Gasteiger partial charge >= 0.3 is 5.97 Å². The van der Waals surface area contributed by atoms with Gasteiger partial charge in [-0.1, -0.05) is 31.7 Å². The molecule has 1 fully saturated rings. The van der Waals surface area contributed by atoms with Gasteiger partial charge in [0.05, 0.1) is 0 Å². The number of carboxylic acid groups (broad SMARTS) is 1. The quantitative estimate of drug-likeness (QED) is 0.842. The van der Waals surface area contributed by atoms with E-state index in [1.165, 1.54) is 12.1 Å². The van der Waals surface area contributed by atoms with Crippen molar-refractivity contribution in [3.05, 3.63) is 35.1 Å². The summed E-state index contributed by atoms with van der Waals surface area (Å²) in [5.74, 6) is -2.00. The standard InChI is InChI=1S/C16H20FNO3/c1-11-6-7-12(10-13(11)17)14(19)18-16(15(20)21)8-4-2-3-5-9-16/h6-7,10H,2-5,8-9H2,1H3,(H,18,19)(H,20,21). The molecule has 5 heteroatoms. The summed E-state index contributed by atoms with van der Waals surface area (Å²) in [6.45, 7) is 1.61. The van der Waals surface area contributed by atoms with Crippen LogP contribution in [0.3, 0.4) is 0 Å². The lowest BCUT2D eigenvalue weighted by Crippen LogP contribution is -2.54. The van der Waals surface area contributed by atoms with E-state index in [9.17, 15) is 19.1 Å². The highest BCUT2D eigenvalue weighted by Crippen LogP contribution is 2.28. The first-order chi connectivity index (χ1) is 9.94. The molecule has 21 heavy (non-hydrogen) atoms. The van der Waals surface area contributed by atoms with E-state index in [1.807, 2.05) is 0 Å². The molecule has 0 radical (unpaired) electrons. The molecule has 0 aliphatic heterocycles. The van der Waals surface area contributed by atoms with E-state index < -0.39 is 23.2 Å². The number of hydrogen-bond acceptors (Lipinski definition) is 2. The van der Waals surface area contributed by atoms with Crippen molar-refractivity contribution in [1.82, 2.24) is 5.32 Å². The zero-order chi connectivity index (χ0) is 15.5. The van der Waals surface area contributed by atoms with Gasteiger partial charge in [-0.15, -0.1) is 0 Å². The summed E-state index contributed by atoms with van der Waals surface area (Å²) in [5.41, 5.74) is -0.619. The van der Waals surface area contributed by atoms with Crippen LogP contribution in [0.1, 0.15) is 54.4 Å². The van der Waals surface area contributed by atoms with Crippen LogP contribution in [0.2, 0.25) is 0 Å². The van der Waals surface area contributed by atoms with Crippen LogP contribution in [0.4, 0.5) is 4.39 Å². The summed E-state index contributed by atoms with van der Waals surface area (Å²) in [5, 5.41) is 12.1. The third-order valence-corrected chi connectivity index (χ3v) is 4.15. The van der Waals surface area contributed by atoms with Crippen molar-refractivity contribution in [2.75, 3.05) is 0 Å². The average Bonchev–Trinajstić information content (AvgIpc) is 2.68. The van der Waals surface area contributed by atoms with Gasteiger partial charge in [0, 0.05) is 5.56 Å². The summed E-state index contributed by atoms with van der Waals surface area (Å²) in [7, 11) is 0. The van der Waals surface area contributed by atoms with Gasteiger partial charge in [-0.3, -0.25) is 4.79 Å². The number of aryl methyl sites for hydroxylation is 1. The molecule has 1 aliphatic rings. The van der Waals surface area contributed by atoms with Gasteiger partial charge in [0.1, 0.15) is 11.4 Å². The molecule has 0 aromatic heterocycles. The number of hydrogen-bond donors (Lipinski definition) is 2. The first-order valence-electron chi connectivity index (χ1n) is 7.27. The van der Waals surface area contributed by atoms with Gasteiger partial charge in [0.2, 0.25) is 0 Å². The lowest BCUT2D eigenvalue weighted by molar-refractivity contribution is -0.145. The summed E-state index contributed by atoms with van der Waals surface area (Å²) >= 11 is 0. The van der Waals surface area contributed by atoms with Crippen molar-refractivity contribution in [3.8, 4) is 0 Å². The number of carbonyl (C=O) groups is 2. The second kappa shape index (κ2) is 6.24. The Morgan fingerprint density at radius 3 is 2.33 bits per heavy atom. The summed E-state index contributed by atoms with van der Waals surface area (Å²) < 4.78 is 13.5. The molecule has 0 saturated heterocycles. The maximum atomic E-state index is 13.5. The van der Waals surface area contributed by atoms with Crippen LogP contribution in [0.5, 0.6) is 0 Å². The number of carboxylic acids is 1. The number of halogens is 1. The third kappa shape index (κ3) is 3.40. The predicted molar refractivity (Wildman–Crippen MR) is 76.7 cm³/mol. The fraction of sp³-hybridized carbons (Fsp3) is 0.500. The minimum Gasteiger partial charge on any atom is -0.480 e. The van der Waals surface area contributed by atoms with Crippen molar-refractivity contribution in [2.24, 2.45) is 0 Å². The molecule has 1 aromatic carbocycles. The van der Waals surface area contributed by atoms with E-state index >= 15 is 0 Å². The molecular formula is C16H20FNO3. The Balaban J connectivity index is 2.21. The fourth-order valence-electron chi connectivity index (χ4n) is 2.75. The van der Waals surface area contributed by atoms with Gasteiger partial charge in [-0.25, -0.2) is 9.18 Å². The van der Waals surface area contributed by atoms with Gasteiger partial charge in [-0.2, -0.15) is 0 Å². The Bertz CT molecular complexity index is 548. The van der Waals surface area contributed by atoms with Gasteiger partial charge in [0.15, 0.2) is 0 Å². The van der Waals surface area contributed by atoms with Crippen LogP contribution in [0.15, 0.2) is 18.2 Å². The van der Waals surface area contributed by atoms with Crippen molar-refractivity contribution in [1.29, 1.82) is 0 Å². The Hall–Kier alpha value is -1.91. The molecule has 2 rings (SSSR count). The zero-order valence-electron chi connectivity index (χ0n) is 12.1. The maximum Gasteiger partial charge on any atom is 0.329 e. The monoisotopic (exact) mass is 293 g/mol. The van der Waals surface area contributed by atoms with Crippen LogP contribution in [0, 0.1) is 12.7 Å². The van der Waals surface area contributed by atoms with Gasteiger partial charge in [-0.05, 0) is 37.5 Å². The number of benzene rings is 1. The van der Waals surface area contributed by atoms with Gasteiger partial charge < -0.3 is 10.4 Å². The molecule has 114 valence electrons. The Morgan fingerprint density at radius 2 is 1.81 bits per heavy atom. The summed E-state index contributed by atoms with van der Waals surface area (Å²) in [4.78, 5) is 23.9. The number of nitrogens with one attached hydrogen (secondary N) is 1. The van der Waals surface area contributed by atoms with E-state index in [1.54, 1.807) is 6.92 Å². The highest BCUT2D eigenvalue weighted by molar-refractivity contribution is 5.97. The van der Waals surface area contributed by atoms with Crippen LogP contribution in [0.25, 0.3) is 0 Å². The second-order valence-corrected chi connectivity index (χ2v) is 5.72. The Kier molecular flexibility index (Phi) is 4.60. The molecule has 0 spiro atoms. The minimum absolute atomic E-state index is 0.156. The Labute approximate surface area is 123 Å². The van der Waals surface area contributed by atoms with Gasteiger partial charge in [0.25, 0.3) is 5.91 Å². The van der Waals surface area contributed by atoms with E-state index in [-0.39, 0.29) is 5.56 Å². The largest absolute Gasteiger partial charge is 0.480 e. The second-order valence-electron chi connectivity index (χ2n) is 5.72. The molecule has 1 amide bonds. The van der Waals surface area contributed by atoms with E-state index in [0.717, 1.165) is 31.7 Å². The topological polar surface area (TPSA) is 66.4 Å². The van der Waals surface area contributed by atoms with Crippen LogP contribution < -0.4 is 5.32 Å². The highest BCUT2D eigenvalue weighted by Gasteiger charge is 2.40. The van der Waals surface area contributed by atoms with Crippen LogP contribution in [-0.2, 0) is 4.79 Å². The first kappa shape index (κ1) is 15.5. The Morgan fingerprint density at radius 1 is 1.19 bits per heavy atom. The van der Waals surface area contributed by atoms with Crippen molar-refractivity contribution in [2.45, 2.75) is 51.0 Å². The lowest BCUT2D eigenvalue weighted by atomic mass is 9.89. The molecule has 0 atom stereocenters. The third-order valence-electron chi connectivity index (χ3n) is 4.15. The predicted octanol–water partition coefficient (Wildman–Crippen LogP) is 3.04. The maximum absolute atomic E-state index is 13.5. The lowest BCUT2D eigenvalue weighted by Gasteiger charge is -2.29. The molecule has 0 heterocycles. The van der Waals surface area contributed by atoms with E-state index in [4.69, 9.17) is 0 Å². The molecule has 4 nitrogen and oxygen atoms in total. The summed E-state index contributed by atoms with van der Waals surface area (Å²) in [6.07, 6.45) is 4.34. The van der Waals surface area contributed by atoms with E-state index in [2.05, 4.69) is 5.32 Å². The average molecular weight is 293 g/mol. The number of carbonyl (C=O) groups excluding carboxylic acids is 1. The zero-order valence-corrected chi connectivity index (χ0v) is 12.1. The molecule has 0 unspecified atom stereocenters. The fourth-order valence-corrected chi connectivity index (χ4v) is 2.75. The first-order valence-corrected chi connectivity index (χ1v) is 7.27. The summed E-state index contributed by atoms with van der Waals surface area (Å²) in [6, 6.07) is 4.18. The van der Waals surface area contributed by atoms with Crippen molar-refractivity contribution in [3.63, 3.8) is 0 Å². The smallest absolute Gasteiger partial charge is 0.329 e. The SMILES string of the molecule is Cc1ccc(C(=O)NC2(C(=O)O)CCCCCC2)cc1F. The highest BCUT2D eigenvalue weighted by atomic mass is 19.1. The number of aliphatic carboxylic acids is 1.